The van der Waals surface area contributed by atoms with Gasteiger partial charge in [0.25, 0.3) is 5.91 Å². The molecule has 4 rings (SSSR count). The average Bonchev–Trinajstić information content (AvgIpc) is 3.58. The van der Waals surface area contributed by atoms with E-state index in [2.05, 4.69) is 22.1 Å². The predicted molar refractivity (Wildman–Crippen MR) is 142 cm³/mol. The van der Waals surface area contributed by atoms with Gasteiger partial charge in [0.2, 0.25) is 5.28 Å². The number of carboxylic acid groups (broad SMARTS) is 1. The number of nitrogens with one attached hydrogen (secondary N) is 1. The van der Waals surface area contributed by atoms with Gasteiger partial charge < -0.3 is 19.7 Å². The summed E-state index contributed by atoms with van der Waals surface area (Å²) in [5.41, 5.74) is 1.31. The lowest BCUT2D eigenvalue weighted by molar-refractivity contribution is -0.132. The van der Waals surface area contributed by atoms with Crippen molar-refractivity contribution >= 4 is 23.5 Å². The van der Waals surface area contributed by atoms with Crippen LogP contribution in [0.1, 0.15) is 67.3 Å². The van der Waals surface area contributed by atoms with Crippen LogP contribution >= 0.6 is 11.6 Å². The minimum Gasteiger partial charge on any atom is -0.478 e. The molecule has 1 unspecified atom stereocenters. The highest BCUT2D eigenvalue weighted by Gasteiger charge is 2.57. The molecule has 1 fully saturated rings. The SMILES string of the molecule is COC(C)(C)C#Cc1nc(Cl)n(Cc2ccc(C)cc2)c1C(=O)NC1(C2(C)C=CC(C(=O)O)=CC2)CC1. The molecule has 0 aliphatic heterocycles. The number of imidazole rings is 1. The average molecular weight is 522 g/mol. The van der Waals surface area contributed by atoms with Crippen LogP contribution in [-0.2, 0) is 16.1 Å². The van der Waals surface area contributed by atoms with Gasteiger partial charge in [-0.25, -0.2) is 9.78 Å². The van der Waals surface area contributed by atoms with Gasteiger partial charge in [-0.05, 0) is 63.1 Å². The standard InChI is InChI=1S/C29H32ClN3O4/c1-19-6-8-20(9-7-19)18-33-23(22(31-26(33)30)12-13-27(2,3)37-5)24(34)32-29(16-17-29)28(4)14-10-21(11-15-28)25(35)36/h6-11,14H,15-18H2,1-5H3,(H,32,34)(H,35,36). The second-order valence-corrected chi connectivity index (χ2v) is 10.9. The Balaban J connectivity index is 1.69. The van der Waals surface area contributed by atoms with E-state index in [-0.39, 0.29) is 22.5 Å². The lowest BCUT2D eigenvalue weighted by Crippen LogP contribution is -2.49. The minimum absolute atomic E-state index is 0.174. The van der Waals surface area contributed by atoms with Crippen LogP contribution < -0.4 is 5.32 Å². The highest BCUT2D eigenvalue weighted by molar-refractivity contribution is 6.29. The Morgan fingerprint density at radius 3 is 2.49 bits per heavy atom. The topological polar surface area (TPSA) is 93.5 Å². The Morgan fingerprint density at radius 2 is 1.95 bits per heavy atom. The van der Waals surface area contributed by atoms with Crippen LogP contribution in [0.25, 0.3) is 0 Å². The molecule has 1 amide bonds. The van der Waals surface area contributed by atoms with Gasteiger partial charge in [0.1, 0.15) is 17.0 Å². The molecule has 1 heterocycles. The molecule has 0 spiro atoms. The summed E-state index contributed by atoms with van der Waals surface area (Å²) >= 11 is 6.57. The van der Waals surface area contributed by atoms with Crippen LogP contribution in [0.2, 0.25) is 5.28 Å². The molecule has 2 N–H and O–H groups in total. The van der Waals surface area contributed by atoms with E-state index < -0.39 is 22.5 Å². The summed E-state index contributed by atoms with van der Waals surface area (Å²) in [5, 5.41) is 12.7. The van der Waals surface area contributed by atoms with Crippen LogP contribution in [0.4, 0.5) is 0 Å². The van der Waals surface area contributed by atoms with Gasteiger partial charge in [0, 0.05) is 18.1 Å². The molecule has 37 heavy (non-hydrogen) atoms. The lowest BCUT2D eigenvalue weighted by Gasteiger charge is -2.37. The number of hydrogen-bond acceptors (Lipinski definition) is 4. The molecule has 0 radical (unpaired) electrons. The van der Waals surface area contributed by atoms with Gasteiger partial charge in [-0.15, -0.1) is 0 Å². The first-order chi connectivity index (χ1) is 17.4. The molecule has 8 heteroatoms. The van der Waals surface area contributed by atoms with Crippen molar-refractivity contribution < 1.29 is 19.4 Å². The summed E-state index contributed by atoms with van der Waals surface area (Å²) in [4.78, 5) is 29.7. The Bertz CT molecular complexity index is 1350. The van der Waals surface area contributed by atoms with Crippen LogP contribution in [0.3, 0.4) is 0 Å². The third kappa shape index (κ3) is 5.51. The number of carbonyl (C=O) groups is 2. The quantitative estimate of drug-likeness (QED) is 0.505. The number of aliphatic carboxylic acids is 1. The molecule has 2 aromatic rings. The number of hydrogen-bond donors (Lipinski definition) is 2. The van der Waals surface area contributed by atoms with E-state index in [1.54, 1.807) is 23.8 Å². The smallest absolute Gasteiger partial charge is 0.335 e. The number of benzene rings is 1. The number of halogens is 1. The van der Waals surface area contributed by atoms with Gasteiger partial charge in [0.05, 0.1) is 12.1 Å². The van der Waals surface area contributed by atoms with Crippen LogP contribution in [0.5, 0.6) is 0 Å². The highest BCUT2D eigenvalue weighted by Crippen LogP contribution is 2.54. The fourth-order valence-electron chi connectivity index (χ4n) is 4.51. The number of rotatable bonds is 7. The first-order valence-corrected chi connectivity index (χ1v) is 12.6. The molecular weight excluding hydrogens is 490 g/mol. The Labute approximate surface area is 222 Å². The maximum absolute atomic E-state index is 13.9. The van der Waals surface area contributed by atoms with Gasteiger partial charge in [0.15, 0.2) is 0 Å². The summed E-state index contributed by atoms with van der Waals surface area (Å²) in [6, 6.07) is 8.01. The molecule has 2 aliphatic carbocycles. The number of allylic oxidation sites excluding steroid dienone is 1. The zero-order valence-corrected chi connectivity index (χ0v) is 22.6. The van der Waals surface area contributed by atoms with Crippen LogP contribution in [0.15, 0.2) is 48.1 Å². The number of ether oxygens (including phenoxy) is 1. The van der Waals surface area contributed by atoms with Crippen LogP contribution in [-0.4, -0.2) is 44.8 Å². The van der Waals surface area contributed by atoms with Gasteiger partial charge in [-0.2, -0.15) is 0 Å². The van der Waals surface area contributed by atoms with Gasteiger partial charge >= 0.3 is 5.97 Å². The molecular formula is C29H32ClN3O4. The monoisotopic (exact) mass is 521 g/mol. The number of aryl methyl sites for hydroxylation is 1. The fourth-order valence-corrected chi connectivity index (χ4v) is 4.74. The van der Waals surface area contributed by atoms with Crippen molar-refractivity contribution in [2.75, 3.05) is 7.11 Å². The first kappa shape index (κ1) is 26.7. The number of aromatic nitrogens is 2. The zero-order valence-electron chi connectivity index (χ0n) is 21.8. The van der Waals surface area contributed by atoms with Gasteiger partial charge in [-0.3, -0.25) is 4.79 Å². The highest BCUT2D eigenvalue weighted by atomic mass is 35.5. The third-order valence-electron chi connectivity index (χ3n) is 7.41. The lowest BCUT2D eigenvalue weighted by atomic mass is 9.73. The van der Waals surface area contributed by atoms with Crippen molar-refractivity contribution in [3.8, 4) is 11.8 Å². The molecule has 1 saturated carbocycles. The van der Waals surface area contributed by atoms with E-state index in [1.807, 2.05) is 58.0 Å². The molecule has 194 valence electrons. The number of carboxylic acids is 1. The molecule has 1 aromatic heterocycles. The number of nitrogens with zero attached hydrogens (tertiary/aromatic N) is 2. The van der Waals surface area contributed by atoms with E-state index in [9.17, 15) is 14.7 Å². The predicted octanol–water partition coefficient (Wildman–Crippen LogP) is 4.91. The normalized spacial score (nSPS) is 20.0. The summed E-state index contributed by atoms with van der Waals surface area (Å²) in [5.74, 6) is 4.78. The largest absolute Gasteiger partial charge is 0.478 e. The number of methoxy groups -OCH3 is 1. The number of carbonyl (C=O) groups excluding carboxylic acids is 1. The Kier molecular flexibility index (Phi) is 7.11. The Morgan fingerprint density at radius 1 is 1.27 bits per heavy atom. The third-order valence-corrected chi connectivity index (χ3v) is 7.70. The van der Waals surface area contributed by atoms with Crippen molar-refractivity contribution in [1.82, 2.24) is 14.9 Å². The second-order valence-electron chi connectivity index (χ2n) is 10.6. The Hall–Kier alpha value is -3.34. The van der Waals surface area contributed by atoms with E-state index in [0.717, 1.165) is 24.0 Å². The van der Waals surface area contributed by atoms with E-state index in [0.29, 0.717) is 18.7 Å². The molecule has 0 saturated heterocycles. The van der Waals surface area contributed by atoms with Crippen molar-refractivity contribution in [2.45, 2.75) is 64.6 Å². The van der Waals surface area contributed by atoms with Crippen molar-refractivity contribution in [2.24, 2.45) is 5.41 Å². The maximum atomic E-state index is 13.9. The van der Waals surface area contributed by atoms with Crippen LogP contribution in [0, 0.1) is 24.2 Å². The second kappa shape index (κ2) is 9.85. The summed E-state index contributed by atoms with van der Waals surface area (Å²) in [6.07, 6.45) is 7.34. The van der Waals surface area contributed by atoms with Gasteiger partial charge in [-0.1, -0.05) is 60.9 Å². The minimum atomic E-state index is -0.955. The molecule has 1 aromatic carbocycles. The first-order valence-electron chi connectivity index (χ1n) is 12.2. The summed E-state index contributed by atoms with van der Waals surface area (Å²) in [6.45, 7) is 8.09. The van der Waals surface area contributed by atoms with Crippen molar-refractivity contribution in [3.05, 3.63) is 75.9 Å². The molecule has 2 aliphatic rings. The molecule has 7 nitrogen and oxygen atoms in total. The number of amides is 1. The zero-order chi connectivity index (χ0) is 27.0. The van der Waals surface area contributed by atoms with Crippen molar-refractivity contribution in [1.29, 1.82) is 0 Å². The fraction of sp³-hybridized carbons (Fsp3) is 0.414. The molecule has 0 bridgehead atoms. The molecule has 1 atom stereocenters. The summed E-state index contributed by atoms with van der Waals surface area (Å²) < 4.78 is 7.10. The van der Waals surface area contributed by atoms with E-state index >= 15 is 0 Å². The van der Waals surface area contributed by atoms with E-state index in [4.69, 9.17) is 16.3 Å². The van der Waals surface area contributed by atoms with E-state index in [1.165, 1.54) is 0 Å². The van der Waals surface area contributed by atoms with Crippen molar-refractivity contribution in [3.63, 3.8) is 0 Å². The maximum Gasteiger partial charge on any atom is 0.335 e. The summed E-state index contributed by atoms with van der Waals surface area (Å²) in [7, 11) is 1.57.